The van der Waals surface area contributed by atoms with Crippen LogP contribution in [0.2, 0.25) is 0 Å². The Kier molecular flexibility index (Phi) is 5.68. The lowest BCUT2D eigenvalue weighted by molar-refractivity contribution is 0.0713. The van der Waals surface area contributed by atoms with E-state index in [2.05, 4.69) is 10.4 Å². The van der Waals surface area contributed by atoms with E-state index in [9.17, 15) is 9.90 Å². The summed E-state index contributed by atoms with van der Waals surface area (Å²) in [4.78, 5) is 12.5. The molecule has 0 bridgehead atoms. The number of aromatic nitrogens is 2. The Morgan fingerprint density at radius 2 is 1.88 bits per heavy atom. The Bertz CT molecular complexity index is 740. The van der Waals surface area contributed by atoms with Crippen molar-refractivity contribution in [3.8, 4) is 0 Å². The molecule has 0 aliphatic carbocycles. The van der Waals surface area contributed by atoms with Gasteiger partial charge in [0.2, 0.25) is 0 Å². The standard InChI is InChI=1S/C20H29N3O2/c1-13(18-14(2)22-23(6)15(18)3)21-19(24)17-9-7-16(8-10-17)11-12-20(4,5)25/h7-10,13,25H,11-12H2,1-6H3,(H,21,24). The van der Waals surface area contributed by atoms with Gasteiger partial charge in [-0.2, -0.15) is 5.10 Å². The second-order valence-corrected chi connectivity index (χ2v) is 7.41. The first-order chi connectivity index (χ1) is 11.6. The molecule has 0 fully saturated rings. The van der Waals surface area contributed by atoms with Crippen LogP contribution in [-0.4, -0.2) is 26.4 Å². The molecule has 1 heterocycles. The maximum Gasteiger partial charge on any atom is 0.251 e. The Morgan fingerprint density at radius 3 is 2.36 bits per heavy atom. The summed E-state index contributed by atoms with van der Waals surface area (Å²) in [5.74, 6) is -0.0933. The average molecular weight is 343 g/mol. The van der Waals surface area contributed by atoms with E-state index in [1.54, 1.807) is 13.8 Å². The molecule has 1 unspecified atom stereocenters. The first-order valence-corrected chi connectivity index (χ1v) is 8.71. The third-order valence-electron chi connectivity index (χ3n) is 4.59. The van der Waals surface area contributed by atoms with Gasteiger partial charge in [0.15, 0.2) is 0 Å². The lowest BCUT2D eigenvalue weighted by atomic mass is 9.98. The van der Waals surface area contributed by atoms with Crippen molar-refractivity contribution in [2.75, 3.05) is 0 Å². The van der Waals surface area contributed by atoms with Crippen LogP contribution < -0.4 is 5.32 Å². The SMILES string of the molecule is Cc1nn(C)c(C)c1C(C)NC(=O)c1ccc(CCC(C)(C)O)cc1. The van der Waals surface area contributed by atoms with E-state index in [4.69, 9.17) is 0 Å². The van der Waals surface area contributed by atoms with Crippen molar-refractivity contribution >= 4 is 5.91 Å². The molecule has 5 nitrogen and oxygen atoms in total. The summed E-state index contributed by atoms with van der Waals surface area (Å²) in [5, 5.41) is 17.3. The van der Waals surface area contributed by atoms with Gasteiger partial charge in [-0.05, 0) is 65.2 Å². The monoisotopic (exact) mass is 343 g/mol. The fourth-order valence-electron chi connectivity index (χ4n) is 3.04. The summed E-state index contributed by atoms with van der Waals surface area (Å²) in [6.07, 6.45) is 1.48. The molecular weight excluding hydrogens is 314 g/mol. The number of aryl methyl sites for hydroxylation is 3. The Labute approximate surface area is 150 Å². The van der Waals surface area contributed by atoms with Gasteiger partial charge < -0.3 is 10.4 Å². The number of hydrogen-bond acceptors (Lipinski definition) is 3. The zero-order valence-electron chi connectivity index (χ0n) is 16.1. The van der Waals surface area contributed by atoms with Gasteiger partial charge in [0, 0.05) is 23.9 Å². The molecule has 0 aliphatic rings. The van der Waals surface area contributed by atoms with Gasteiger partial charge in [0.25, 0.3) is 5.91 Å². The van der Waals surface area contributed by atoms with Crippen LogP contribution in [-0.2, 0) is 13.5 Å². The van der Waals surface area contributed by atoms with Crippen molar-refractivity contribution in [3.63, 3.8) is 0 Å². The van der Waals surface area contributed by atoms with Crippen LogP contribution in [0.15, 0.2) is 24.3 Å². The highest BCUT2D eigenvalue weighted by molar-refractivity contribution is 5.94. The van der Waals surface area contributed by atoms with Crippen LogP contribution in [0.1, 0.15) is 66.1 Å². The highest BCUT2D eigenvalue weighted by Gasteiger charge is 2.19. The van der Waals surface area contributed by atoms with Crippen LogP contribution in [0.5, 0.6) is 0 Å². The van der Waals surface area contributed by atoms with Crippen molar-refractivity contribution in [1.29, 1.82) is 0 Å². The maximum atomic E-state index is 12.5. The smallest absolute Gasteiger partial charge is 0.251 e. The van der Waals surface area contributed by atoms with E-state index in [1.807, 2.05) is 56.8 Å². The van der Waals surface area contributed by atoms with Gasteiger partial charge in [-0.1, -0.05) is 12.1 Å². The Hall–Kier alpha value is -2.14. The van der Waals surface area contributed by atoms with Crippen LogP contribution in [0.25, 0.3) is 0 Å². The van der Waals surface area contributed by atoms with Crippen molar-refractivity contribution in [2.45, 2.75) is 59.1 Å². The molecule has 0 radical (unpaired) electrons. The molecule has 1 aromatic heterocycles. The second-order valence-electron chi connectivity index (χ2n) is 7.41. The summed E-state index contributed by atoms with van der Waals surface area (Å²) < 4.78 is 1.84. The summed E-state index contributed by atoms with van der Waals surface area (Å²) in [6, 6.07) is 7.48. The van der Waals surface area contributed by atoms with Crippen molar-refractivity contribution in [3.05, 3.63) is 52.3 Å². The number of nitrogens with zero attached hydrogens (tertiary/aromatic N) is 2. The van der Waals surface area contributed by atoms with Gasteiger partial charge >= 0.3 is 0 Å². The summed E-state index contributed by atoms with van der Waals surface area (Å²) in [6.45, 7) is 9.56. The Balaban J connectivity index is 2.03. The van der Waals surface area contributed by atoms with E-state index >= 15 is 0 Å². The largest absolute Gasteiger partial charge is 0.390 e. The zero-order chi connectivity index (χ0) is 18.8. The molecule has 0 saturated heterocycles. The number of nitrogens with one attached hydrogen (secondary N) is 1. The average Bonchev–Trinajstić information content (AvgIpc) is 2.77. The highest BCUT2D eigenvalue weighted by atomic mass is 16.3. The molecule has 2 rings (SSSR count). The number of benzene rings is 1. The molecule has 2 N–H and O–H groups in total. The van der Waals surface area contributed by atoms with E-state index in [-0.39, 0.29) is 11.9 Å². The fourth-order valence-corrected chi connectivity index (χ4v) is 3.04. The number of hydrogen-bond donors (Lipinski definition) is 2. The first kappa shape index (κ1) is 19.2. The lowest BCUT2D eigenvalue weighted by Gasteiger charge is -2.17. The molecule has 1 atom stereocenters. The third-order valence-corrected chi connectivity index (χ3v) is 4.59. The normalized spacial score (nSPS) is 12.9. The minimum absolute atomic E-state index is 0.0933. The molecule has 136 valence electrons. The van der Waals surface area contributed by atoms with Crippen molar-refractivity contribution in [2.24, 2.45) is 7.05 Å². The summed E-state index contributed by atoms with van der Waals surface area (Å²) in [5.41, 5.74) is 4.15. The molecule has 0 aliphatic heterocycles. The van der Waals surface area contributed by atoms with Gasteiger partial charge in [-0.3, -0.25) is 9.48 Å². The molecule has 0 saturated carbocycles. The molecule has 0 spiro atoms. The number of rotatable bonds is 6. The van der Waals surface area contributed by atoms with E-state index in [0.717, 1.165) is 28.9 Å². The van der Waals surface area contributed by atoms with Crippen molar-refractivity contribution in [1.82, 2.24) is 15.1 Å². The fraction of sp³-hybridized carbons (Fsp3) is 0.500. The minimum Gasteiger partial charge on any atom is -0.390 e. The van der Waals surface area contributed by atoms with Gasteiger partial charge in [0.1, 0.15) is 0 Å². The lowest BCUT2D eigenvalue weighted by Crippen LogP contribution is -2.27. The highest BCUT2D eigenvalue weighted by Crippen LogP contribution is 2.21. The van der Waals surface area contributed by atoms with Crippen LogP contribution in [0, 0.1) is 13.8 Å². The Morgan fingerprint density at radius 1 is 1.28 bits per heavy atom. The van der Waals surface area contributed by atoms with E-state index in [1.165, 1.54) is 0 Å². The third kappa shape index (κ3) is 4.92. The van der Waals surface area contributed by atoms with E-state index in [0.29, 0.717) is 12.0 Å². The minimum atomic E-state index is -0.676. The number of carbonyl (C=O) groups is 1. The van der Waals surface area contributed by atoms with Gasteiger partial charge in [-0.15, -0.1) is 0 Å². The maximum absolute atomic E-state index is 12.5. The predicted molar refractivity (Wildman–Crippen MR) is 99.6 cm³/mol. The second kappa shape index (κ2) is 7.40. The van der Waals surface area contributed by atoms with E-state index < -0.39 is 5.60 Å². The zero-order valence-corrected chi connectivity index (χ0v) is 16.1. The molecule has 25 heavy (non-hydrogen) atoms. The number of aliphatic hydroxyl groups is 1. The van der Waals surface area contributed by atoms with Gasteiger partial charge in [0.05, 0.1) is 17.3 Å². The molecule has 1 aromatic carbocycles. The summed E-state index contributed by atoms with van der Waals surface area (Å²) >= 11 is 0. The molecular formula is C20H29N3O2. The summed E-state index contributed by atoms with van der Waals surface area (Å²) in [7, 11) is 1.91. The first-order valence-electron chi connectivity index (χ1n) is 8.71. The van der Waals surface area contributed by atoms with Crippen LogP contribution >= 0.6 is 0 Å². The number of amides is 1. The predicted octanol–water partition coefficient (Wildman–Crippen LogP) is 3.23. The van der Waals surface area contributed by atoms with Crippen LogP contribution in [0.4, 0.5) is 0 Å². The quantitative estimate of drug-likeness (QED) is 0.846. The molecule has 1 amide bonds. The van der Waals surface area contributed by atoms with Crippen molar-refractivity contribution < 1.29 is 9.90 Å². The number of carbonyl (C=O) groups excluding carboxylic acids is 1. The molecule has 5 heteroatoms. The molecule has 2 aromatic rings. The van der Waals surface area contributed by atoms with Gasteiger partial charge in [-0.25, -0.2) is 0 Å². The topological polar surface area (TPSA) is 67.2 Å². The van der Waals surface area contributed by atoms with Crippen LogP contribution in [0.3, 0.4) is 0 Å².